The minimum Gasteiger partial charge on any atom is -0.412 e. The first-order valence-electron chi connectivity index (χ1n) is 0.258. The molecule has 0 unspecified atom stereocenters. The van der Waals surface area contributed by atoms with Crippen LogP contribution in [-0.4, -0.2) is 11.0 Å². The van der Waals surface area contributed by atoms with Crippen molar-refractivity contribution in [1.29, 1.82) is 5.26 Å². The standard InChI is InChI=1S/CHN.2H2O/c1-2;;/h1H;2*1H2. The molecule has 3 heteroatoms. The Hall–Kier alpha value is -0.590. The van der Waals surface area contributed by atoms with E-state index >= 15 is 0 Å². The molecule has 0 aliphatic carbocycles. The maximum Gasteiger partial charge on any atom is 0.0462 e. The largest absolute Gasteiger partial charge is 0.412 e. The van der Waals surface area contributed by atoms with Crippen molar-refractivity contribution in [1.82, 2.24) is 0 Å². The van der Waals surface area contributed by atoms with Gasteiger partial charge in [0.2, 0.25) is 0 Å². The van der Waals surface area contributed by atoms with E-state index in [1.165, 1.54) is 0 Å². The number of rotatable bonds is 0. The van der Waals surface area contributed by atoms with Gasteiger partial charge in [0, 0.05) is 6.57 Å². The van der Waals surface area contributed by atoms with Gasteiger partial charge < -0.3 is 11.0 Å². The first-order chi connectivity index (χ1) is 1.00. The van der Waals surface area contributed by atoms with E-state index in [2.05, 4.69) is 6.57 Å². The SMILES string of the molecule is C#N.O.O. The normalized spacial score (nSPS) is 0.500. The zero-order valence-corrected chi connectivity index (χ0v) is 2.02. The van der Waals surface area contributed by atoms with Gasteiger partial charge in [0.15, 0.2) is 0 Å². The molecule has 0 radical (unpaired) electrons. The quantitative estimate of drug-likeness (QED) is 0.336. The van der Waals surface area contributed by atoms with Crippen LogP contribution in [0.3, 0.4) is 0 Å². The molecule has 0 saturated heterocycles. The van der Waals surface area contributed by atoms with Gasteiger partial charge in [0.05, 0.1) is 0 Å². The highest BCUT2D eigenvalue weighted by Crippen LogP contribution is 0.586. The molecule has 0 atom stereocenters. The van der Waals surface area contributed by atoms with Gasteiger partial charge in [0.25, 0.3) is 0 Å². The molecule has 3 nitrogen and oxygen atoms in total. The average Bonchev–Trinajstić information content (AvgIpc) is 1.00. The highest BCUT2D eigenvalue weighted by molar-refractivity contribution is 4.03. The molecule has 0 aromatic carbocycles. The van der Waals surface area contributed by atoms with Gasteiger partial charge in [-0.2, -0.15) is 0 Å². The van der Waals surface area contributed by atoms with Crippen molar-refractivity contribution < 1.29 is 11.0 Å². The second-order valence-electron chi connectivity index (χ2n) is 0. The molecule has 0 rings (SSSR count). The maximum absolute atomic E-state index is 6.50. The summed E-state index contributed by atoms with van der Waals surface area (Å²) in [6.45, 7) is 3.50. The van der Waals surface area contributed by atoms with Crippen LogP contribution in [0.4, 0.5) is 0 Å². The van der Waals surface area contributed by atoms with Crippen molar-refractivity contribution in [2.24, 2.45) is 0 Å². The second kappa shape index (κ2) is 13.8. The predicted octanol–water partition coefficient (Wildman–Crippen LogP) is -1.51. The van der Waals surface area contributed by atoms with Crippen molar-refractivity contribution >= 4 is 0 Å². The molecular formula is CH5NO2. The van der Waals surface area contributed by atoms with Crippen LogP contribution in [-0.2, 0) is 0 Å². The van der Waals surface area contributed by atoms with Crippen molar-refractivity contribution in [3.63, 3.8) is 0 Å². The number of hydrogen-bond donors (Lipinski definition) is 0. The van der Waals surface area contributed by atoms with Crippen LogP contribution in [0.25, 0.3) is 0 Å². The molecule has 0 aromatic rings. The fraction of sp³-hybridized carbons (Fsp3) is 0. The topological polar surface area (TPSA) is 86.8 Å². The highest BCUT2D eigenvalue weighted by atomic mass is 16.0. The van der Waals surface area contributed by atoms with Gasteiger partial charge >= 0.3 is 0 Å². The highest BCUT2D eigenvalue weighted by Gasteiger charge is 0.513. The minimum absolute atomic E-state index is 0. The average molecular weight is 63.1 g/mol. The molecule has 0 aliphatic heterocycles. The lowest BCUT2D eigenvalue weighted by Crippen LogP contribution is -0.569. The minimum atomic E-state index is 0. The Morgan fingerprint density at radius 2 is 1.00 bits per heavy atom. The molecule has 0 amide bonds. The zero-order chi connectivity index (χ0) is 2.00. The van der Waals surface area contributed by atoms with E-state index in [9.17, 15) is 0 Å². The number of hydrogen-bond acceptors (Lipinski definition) is 1. The molecule has 26 valence electrons. The Morgan fingerprint density at radius 1 is 1.00 bits per heavy atom. The van der Waals surface area contributed by atoms with Crippen molar-refractivity contribution in [3.8, 4) is 6.57 Å². The Labute approximate surface area is 24.1 Å². The molecule has 0 bridgehead atoms. The summed E-state index contributed by atoms with van der Waals surface area (Å²) < 4.78 is 0. The van der Waals surface area contributed by atoms with Crippen LogP contribution in [0.2, 0.25) is 0 Å². The molecular weight excluding hydrogens is 58.0 g/mol. The van der Waals surface area contributed by atoms with Gasteiger partial charge in [-0.1, -0.05) is 0 Å². The summed E-state index contributed by atoms with van der Waals surface area (Å²) in [5, 5.41) is 6.50. The summed E-state index contributed by atoms with van der Waals surface area (Å²) in [5.41, 5.74) is 0. The lowest BCUT2D eigenvalue weighted by molar-refractivity contribution is 0.823. The third kappa shape index (κ3) is 0.681. The smallest absolute Gasteiger partial charge is 0.0462 e. The van der Waals surface area contributed by atoms with Crippen molar-refractivity contribution in [3.05, 3.63) is 0 Å². The number of nitriles is 1. The fourth-order valence-corrected chi connectivity index (χ4v) is 0. The van der Waals surface area contributed by atoms with E-state index in [1.54, 1.807) is 0 Å². The van der Waals surface area contributed by atoms with E-state index < -0.39 is 0 Å². The molecule has 0 heterocycles. The van der Waals surface area contributed by atoms with Crippen LogP contribution >= 0.6 is 0 Å². The molecule has 4 heavy (non-hydrogen) atoms. The summed E-state index contributed by atoms with van der Waals surface area (Å²) in [4.78, 5) is 0. The van der Waals surface area contributed by atoms with Crippen molar-refractivity contribution in [2.75, 3.05) is 0 Å². The summed E-state index contributed by atoms with van der Waals surface area (Å²) in [5.74, 6) is 0. The van der Waals surface area contributed by atoms with Gasteiger partial charge in [-0.3, -0.25) is 0 Å². The summed E-state index contributed by atoms with van der Waals surface area (Å²) >= 11 is 0. The van der Waals surface area contributed by atoms with Gasteiger partial charge in [0.1, 0.15) is 0 Å². The molecule has 4 N–H and O–H groups in total. The van der Waals surface area contributed by atoms with Crippen LogP contribution in [0.5, 0.6) is 0 Å². The zero-order valence-electron chi connectivity index (χ0n) is 2.02. The predicted molar refractivity (Wildman–Crippen MR) is 13.9 cm³/mol. The lowest BCUT2D eigenvalue weighted by Gasteiger charge is -0.668. The van der Waals surface area contributed by atoms with Gasteiger partial charge in [-0.25, -0.2) is 5.26 Å². The van der Waals surface area contributed by atoms with E-state index in [0.29, 0.717) is 0 Å². The van der Waals surface area contributed by atoms with E-state index in [0.717, 1.165) is 0 Å². The molecule has 0 fully saturated rings. The van der Waals surface area contributed by atoms with Crippen LogP contribution in [0.1, 0.15) is 0 Å². The molecule has 0 spiro atoms. The van der Waals surface area contributed by atoms with E-state index in [-0.39, 0.29) is 11.0 Å². The summed E-state index contributed by atoms with van der Waals surface area (Å²) in [7, 11) is 0. The molecule has 0 saturated carbocycles. The molecule has 0 aromatic heterocycles. The number of nitrogens with zero attached hydrogens (tertiary/aromatic N) is 1. The Bertz CT molecular complexity index is 10.8. The first-order valence-corrected chi connectivity index (χ1v) is 0.258. The van der Waals surface area contributed by atoms with Gasteiger partial charge in [-0.05, 0) is 0 Å². The Kier molecular flexibility index (Phi) is 405. The van der Waals surface area contributed by atoms with Crippen LogP contribution in [0.15, 0.2) is 0 Å². The van der Waals surface area contributed by atoms with Gasteiger partial charge in [-0.15, -0.1) is 0 Å². The van der Waals surface area contributed by atoms with E-state index in [4.69, 9.17) is 5.26 Å². The first kappa shape index (κ1) is 118. The van der Waals surface area contributed by atoms with Crippen molar-refractivity contribution in [2.45, 2.75) is 0 Å². The van der Waals surface area contributed by atoms with Crippen LogP contribution < -0.4 is 0 Å². The molecule has 0 aliphatic rings. The lowest BCUT2D eigenvalue weighted by atomic mass is 11.9. The van der Waals surface area contributed by atoms with E-state index in [1.807, 2.05) is 0 Å². The Balaban J connectivity index is -0.00000000500. The summed E-state index contributed by atoms with van der Waals surface area (Å²) in [6, 6.07) is 0. The fourth-order valence-electron chi connectivity index (χ4n) is 0. The summed E-state index contributed by atoms with van der Waals surface area (Å²) in [6.07, 6.45) is 0. The third-order valence-electron chi connectivity index (χ3n) is 0. The second-order valence-corrected chi connectivity index (χ2v) is 0. The monoisotopic (exact) mass is 63.0 g/mol. The Morgan fingerprint density at radius 3 is 1.00 bits per heavy atom. The third-order valence-corrected chi connectivity index (χ3v) is 0. The maximum atomic E-state index is 6.50. The van der Waals surface area contributed by atoms with Crippen LogP contribution in [0, 0.1) is 11.8 Å².